The molecule has 1 heterocycles. The maximum Gasteiger partial charge on any atom is 0.416 e. The Hall–Kier alpha value is -3.45. The van der Waals surface area contributed by atoms with Gasteiger partial charge >= 0.3 is 12.8 Å². The number of anilines is 1. The molecule has 0 unspecified atom stereocenters. The number of alkyl halides is 5. The molecule has 0 radical (unpaired) electrons. The highest BCUT2D eigenvalue weighted by atomic mass is 32.2. The second-order valence-corrected chi connectivity index (χ2v) is 9.58. The lowest BCUT2D eigenvalue weighted by molar-refractivity contribution is -0.137. The van der Waals surface area contributed by atoms with Crippen LogP contribution in [0.2, 0.25) is 0 Å². The predicted octanol–water partition coefficient (Wildman–Crippen LogP) is 5.06. The number of fused-ring (bicyclic) bond motifs is 1. The molecule has 36 heavy (non-hydrogen) atoms. The van der Waals surface area contributed by atoms with Crippen molar-refractivity contribution in [2.45, 2.75) is 23.8 Å². The molecule has 0 spiro atoms. The third kappa shape index (κ3) is 5.21. The minimum Gasteiger partial charge on any atom is -0.484 e. The van der Waals surface area contributed by atoms with Gasteiger partial charge in [0.2, 0.25) is 0 Å². The Balaban J connectivity index is 1.82. The van der Waals surface area contributed by atoms with Crippen LogP contribution in [0, 0.1) is 5.82 Å². The maximum absolute atomic E-state index is 14.0. The molecule has 4 rings (SSSR count). The Bertz CT molecular complexity index is 1380. The zero-order valence-electron chi connectivity index (χ0n) is 18.0. The molecule has 1 N–H and O–H groups in total. The molecule has 0 saturated carbocycles. The van der Waals surface area contributed by atoms with Crippen molar-refractivity contribution in [2.24, 2.45) is 0 Å². The number of aliphatic hydroxyl groups excluding tert-OH is 1. The third-order valence-electron chi connectivity index (χ3n) is 5.27. The molecule has 0 fully saturated rings. The highest BCUT2D eigenvalue weighted by Crippen LogP contribution is 2.41. The van der Waals surface area contributed by atoms with E-state index < -0.39 is 64.1 Å². The van der Waals surface area contributed by atoms with Crippen LogP contribution in [0.3, 0.4) is 0 Å². The quantitative estimate of drug-likeness (QED) is 0.449. The molecule has 0 aromatic heterocycles. The molecule has 0 bridgehead atoms. The fourth-order valence-corrected chi connectivity index (χ4v) is 5.22. The van der Waals surface area contributed by atoms with Crippen LogP contribution in [0.5, 0.6) is 11.5 Å². The molecular weight excluding hydrogens is 516 g/mol. The third-order valence-corrected chi connectivity index (χ3v) is 7.05. The lowest BCUT2D eigenvalue weighted by Crippen LogP contribution is -2.45. The second-order valence-electron chi connectivity index (χ2n) is 7.72. The molecule has 1 aliphatic heterocycles. The fourth-order valence-electron chi connectivity index (χ4n) is 3.67. The average Bonchev–Trinajstić information content (AvgIpc) is 2.81. The van der Waals surface area contributed by atoms with Gasteiger partial charge in [-0.2, -0.15) is 22.0 Å². The number of rotatable bonds is 6. The first kappa shape index (κ1) is 25.6. The van der Waals surface area contributed by atoms with Gasteiger partial charge in [-0.3, -0.25) is 4.31 Å². The summed E-state index contributed by atoms with van der Waals surface area (Å²) in [5.74, 6) is -1.38. The molecule has 0 amide bonds. The molecule has 3 aromatic rings. The minimum absolute atomic E-state index is 0.0138. The van der Waals surface area contributed by atoms with Crippen molar-refractivity contribution in [1.29, 1.82) is 0 Å². The van der Waals surface area contributed by atoms with Crippen molar-refractivity contribution >= 4 is 15.7 Å². The van der Waals surface area contributed by atoms with Crippen LogP contribution in [-0.2, 0) is 16.2 Å². The normalized spacial score (nSPS) is 16.0. The molecule has 13 heteroatoms. The Kier molecular flexibility index (Phi) is 6.80. The van der Waals surface area contributed by atoms with Crippen molar-refractivity contribution in [2.75, 3.05) is 17.5 Å². The number of hydrogen-bond donors (Lipinski definition) is 1. The average molecular weight is 533 g/mol. The van der Waals surface area contributed by atoms with Crippen LogP contribution < -0.4 is 13.8 Å². The van der Waals surface area contributed by atoms with Gasteiger partial charge < -0.3 is 14.6 Å². The van der Waals surface area contributed by atoms with Crippen molar-refractivity contribution in [1.82, 2.24) is 0 Å². The van der Waals surface area contributed by atoms with Crippen LogP contribution in [0.15, 0.2) is 65.6 Å². The van der Waals surface area contributed by atoms with Crippen LogP contribution in [-0.4, -0.2) is 39.4 Å². The molecule has 3 aromatic carbocycles. The monoisotopic (exact) mass is 533 g/mol. The number of nitrogens with zero attached hydrogens (tertiary/aromatic N) is 1. The smallest absolute Gasteiger partial charge is 0.416 e. The van der Waals surface area contributed by atoms with E-state index in [0.29, 0.717) is 6.07 Å². The van der Waals surface area contributed by atoms with Crippen molar-refractivity contribution in [3.05, 3.63) is 72.0 Å². The van der Waals surface area contributed by atoms with Gasteiger partial charge in [-0.25, -0.2) is 12.8 Å². The van der Waals surface area contributed by atoms with Gasteiger partial charge in [0, 0.05) is 6.07 Å². The number of hydrogen-bond acceptors (Lipinski definition) is 5. The van der Waals surface area contributed by atoms with Gasteiger partial charge in [-0.05, 0) is 53.6 Å². The number of sulfonamides is 1. The van der Waals surface area contributed by atoms with Crippen molar-refractivity contribution in [3.8, 4) is 22.6 Å². The Morgan fingerprint density at radius 3 is 2.47 bits per heavy atom. The van der Waals surface area contributed by atoms with E-state index in [0.717, 1.165) is 40.7 Å². The molecule has 0 aliphatic carbocycles. The largest absolute Gasteiger partial charge is 0.484 e. The van der Waals surface area contributed by atoms with E-state index in [-0.39, 0.29) is 22.6 Å². The van der Waals surface area contributed by atoms with Crippen molar-refractivity contribution < 1.29 is 49.3 Å². The van der Waals surface area contributed by atoms with Gasteiger partial charge in [-0.1, -0.05) is 12.1 Å². The highest BCUT2D eigenvalue weighted by Gasteiger charge is 2.37. The molecule has 6 nitrogen and oxygen atoms in total. The summed E-state index contributed by atoms with van der Waals surface area (Å²) >= 11 is 0. The molecule has 0 saturated heterocycles. The number of ether oxygens (including phenoxy) is 2. The van der Waals surface area contributed by atoms with E-state index in [2.05, 4.69) is 4.74 Å². The Morgan fingerprint density at radius 2 is 1.81 bits per heavy atom. The minimum atomic E-state index is -4.79. The van der Waals surface area contributed by atoms with Crippen LogP contribution in [0.25, 0.3) is 11.1 Å². The predicted molar refractivity (Wildman–Crippen MR) is 116 cm³/mol. The first-order chi connectivity index (χ1) is 16.9. The molecule has 192 valence electrons. The van der Waals surface area contributed by atoms with E-state index in [1.54, 1.807) is 0 Å². The lowest BCUT2D eigenvalue weighted by atomic mass is 10.0. The lowest BCUT2D eigenvalue weighted by Gasteiger charge is -2.35. The summed E-state index contributed by atoms with van der Waals surface area (Å²) < 4.78 is 116. The summed E-state index contributed by atoms with van der Waals surface area (Å²) in [6.07, 6.45) is -5.81. The van der Waals surface area contributed by atoms with Crippen molar-refractivity contribution in [3.63, 3.8) is 0 Å². The molecular formula is C23H17F6NO5S. The van der Waals surface area contributed by atoms with Gasteiger partial charge in [0.15, 0.2) is 0 Å². The summed E-state index contributed by atoms with van der Waals surface area (Å²) in [6, 6.07) is 10.0. The summed E-state index contributed by atoms with van der Waals surface area (Å²) in [6.45, 7) is -4.23. The second kappa shape index (κ2) is 9.54. The van der Waals surface area contributed by atoms with Gasteiger partial charge in [0.1, 0.15) is 23.4 Å². The topological polar surface area (TPSA) is 76.1 Å². The number of aliphatic hydroxyl groups is 1. The fraction of sp³-hybridized carbons (Fsp3) is 0.217. The van der Waals surface area contributed by atoms with Gasteiger partial charge in [0.05, 0.1) is 29.3 Å². The van der Waals surface area contributed by atoms with E-state index in [1.165, 1.54) is 18.2 Å². The first-order valence-corrected chi connectivity index (χ1v) is 11.7. The van der Waals surface area contributed by atoms with Crippen LogP contribution in [0.4, 0.5) is 32.0 Å². The summed E-state index contributed by atoms with van der Waals surface area (Å²) in [4.78, 5) is -0.648. The maximum atomic E-state index is 14.0. The molecule has 1 aliphatic rings. The first-order valence-electron chi connectivity index (χ1n) is 10.3. The van der Waals surface area contributed by atoms with E-state index >= 15 is 0 Å². The molecule has 1 atom stereocenters. The van der Waals surface area contributed by atoms with Crippen LogP contribution >= 0.6 is 0 Å². The van der Waals surface area contributed by atoms with E-state index in [4.69, 9.17) is 4.74 Å². The van der Waals surface area contributed by atoms with Gasteiger partial charge in [-0.15, -0.1) is 0 Å². The standard InChI is InChI=1S/C23H17F6NO5S/c24-16-6-14(7-17(10-16)35-22(25)26)13-4-5-21-20(8-13)30(11-18(12-31)34-21)36(32,33)19-3-1-2-15(9-19)23(27,28)29/h1-10,18,22,31H,11-12H2/t18-/m1/s1. The summed E-state index contributed by atoms with van der Waals surface area (Å²) in [7, 11) is -4.59. The Morgan fingerprint density at radius 1 is 1.06 bits per heavy atom. The zero-order valence-corrected chi connectivity index (χ0v) is 18.9. The zero-order chi connectivity index (χ0) is 26.3. The number of halogens is 6. The van der Waals surface area contributed by atoms with E-state index in [1.807, 2.05) is 0 Å². The van der Waals surface area contributed by atoms with Crippen LogP contribution in [0.1, 0.15) is 5.56 Å². The summed E-state index contributed by atoms with van der Waals surface area (Å²) in [5, 5.41) is 9.58. The highest BCUT2D eigenvalue weighted by molar-refractivity contribution is 7.92. The van der Waals surface area contributed by atoms with Gasteiger partial charge in [0.25, 0.3) is 10.0 Å². The van der Waals surface area contributed by atoms with E-state index in [9.17, 15) is 39.9 Å². The Labute approximate surface area is 201 Å². The number of benzene rings is 3. The summed E-state index contributed by atoms with van der Waals surface area (Å²) in [5.41, 5.74) is -1.03. The SMILES string of the molecule is O=S(=O)(c1cccc(C(F)(F)F)c1)N1C[C@H](CO)Oc2ccc(-c3cc(F)cc(OC(F)F)c3)cc21.